The maximum Gasteiger partial charge on any atom is 0.236 e. The van der Waals surface area contributed by atoms with Gasteiger partial charge in [0.2, 0.25) is 5.91 Å². The molecule has 0 aliphatic rings. The van der Waals surface area contributed by atoms with Crippen molar-refractivity contribution in [1.82, 2.24) is 5.32 Å². The minimum absolute atomic E-state index is 0.224. The van der Waals surface area contributed by atoms with Crippen LogP contribution in [0.4, 0.5) is 5.69 Å². The van der Waals surface area contributed by atoms with Gasteiger partial charge in [-0.15, -0.1) is 0 Å². The first kappa shape index (κ1) is 15.8. The van der Waals surface area contributed by atoms with Crippen LogP contribution < -0.4 is 16.0 Å². The van der Waals surface area contributed by atoms with Gasteiger partial charge in [0.05, 0.1) is 6.54 Å². The summed E-state index contributed by atoms with van der Waals surface area (Å²) in [5, 5.41) is 3.77. The van der Waals surface area contributed by atoms with Crippen molar-refractivity contribution in [2.75, 3.05) is 25.0 Å². The van der Waals surface area contributed by atoms with Crippen molar-refractivity contribution in [1.29, 1.82) is 0 Å². The number of halogens is 1. The number of nitrogens with zero attached hydrogens (tertiary/aromatic N) is 1. The Bertz CT molecular complexity index is 423. The second-order valence-electron chi connectivity index (χ2n) is 4.55. The van der Waals surface area contributed by atoms with Gasteiger partial charge in [0.1, 0.15) is 0 Å². The number of nitrogens with one attached hydrogen (secondary N) is 1. The van der Waals surface area contributed by atoms with Crippen molar-refractivity contribution in [3.05, 3.63) is 28.8 Å². The summed E-state index contributed by atoms with van der Waals surface area (Å²) in [4.78, 5) is 13.1. The Kier molecular flexibility index (Phi) is 6.67. The van der Waals surface area contributed by atoms with Crippen molar-refractivity contribution < 1.29 is 4.79 Å². The fourth-order valence-corrected chi connectivity index (χ4v) is 2.14. The molecular formula is C14H22ClN3O. The Hall–Kier alpha value is -1.26. The van der Waals surface area contributed by atoms with Crippen LogP contribution in [0.5, 0.6) is 0 Å². The second-order valence-corrected chi connectivity index (χ2v) is 4.95. The van der Waals surface area contributed by atoms with E-state index < -0.39 is 0 Å². The molecule has 0 aromatic heterocycles. The zero-order valence-corrected chi connectivity index (χ0v) is 12.3. The van der Waals surface area contributed by atoms with E-state index in [4.69, 9.17) is 17.3 Å². The molecule has 0 radical (unpaired) electrons. The second kappa shape index (κ2) is 8.02. The first-order chi connectivity index (χ1) is 9.08. The van der Waals surface area contributed by atoms with Crippen LogP contribution in [0.1, 0.15) is 25.3 Å². The van der Waals surface area contributed by atoms with Gasteiger partial charge in [-0.25, -0.2) is 0 Å². The van der Waals surface area contributed by atoms with E-state index >= 15 is 0 Å². The molecule has 0 fully saturated rings. The van der Waals surface area contributed by atoms with Crippen molar-refractivity contribution in [2.45, 2.75) is 26.3 Å². The summed E-state index contributed by atoms with van der Waals surface area (Å²) >= 11 is 6.24. The Labute approximate surface area is 119 Å². The number of rotatable bonds is 8. The lowest BCUT2D eigenvalue weighted by molar-refractivity contribution is -0.116. The standard InChI is InChI=1S/C14H22ClN3O/c1-3-4-7-18(10-14(16)19)12-6-5-11(9-17-2)13(15)8-12/h5-6,8,17H,3-4,7,9-10H2,1-2H3,(H2,16,19). The molecule has 1 rings (SSSR count). The van der Waals surface area contributed by atoms with Gasteiger partial charge < -0.3 is 16.0 Å². The Morgan fingerprint density at radius 1 is 1.47 bits per heavy atom. The topological polar surface area (TPSA) is 58.4 Å². The molecular weight excluding hydrogens is 262 g/mol. The average Bonchev–Trinajstić information content (AvgIpc) is 2.36. The number of benzene rings is 1. The van der Waals surface area contributed by atoms with Crippen LogP contribution in [0.25, 0.3) is 0 Å². The highest BCUT2D eigenvalue weighted by atomic mass is 35.5. The van der Waals surface area contributed by atoms with Gasteiger partial charge in [-0.05, 0) is 31.2 Å². The number of anilines is 1. The number of hydrogen-bond donors (Lipinski definition) is 2. The molecule has 1 aromatic carbocycles. The molecule has 0 aliphatic heterocycles. The number of nitrogens with two attached hydrogens (primary N) is 1. The number of primary amides is 1. The third kappa shape index (κ3) is 5.09. The lowest BCUT2D eigenvalue weighted by Crippen LogP contribution is -2.34. The van der Waals surface area contributed by atoms with Crippen molar-refractivity contribution >= 4 is 23.2 Å². The smallest absolute Gasteiger partial charge is 0.236 e. The highest BCUT2D eigenvalue weighted by molar-refractivity contribution is 6.31. The van der Waals surface area contributed by atoms with E-state index in [1.54, 1.807) is 0 Å². The Balaban J connectivity index is 2.88. The third-order valence-corrected chi connectivity index (χ3v) is 3.25. The number of carbonyl (C=O) groups is 1. The summed E-state index contributed by atoms with van der Waals surface area (Å²) in [6.45, 7) is 3.87. The fraction of sp³-hybridized carbons (Fsp3) is 0.500. The lowest BCUT2D eigenvalue weighted by atomic mass is 10.1. The molecule has 0 aliphatic carbocycles. The van der Waals surface area contributed by atoms with Crippen molar-refractivity contribution in [3.8, 4) is 0 Å². The molecule has 5 heteroatoms. The molecule has 0 saturated carbocycles. The van der Waals surface area contributed by atoms with Crippen LogP contribution >= 0.6 is 11.6 Å². The van der Waals surface area contributed by atoms with Gasteiger partial charge in [-0.1, -0.05) is 31.0 Å². The van der Waals surface area contributed by atoms with Crippen LogP contribution in [0.2, 0.25) is 5.02 Å². The normalized spacial score (nSPS) is 10.5. The first-order valence-corrected chi connectivity index (χ1v) is 6.92. The summed E-state index contributed by atoms with van der Waals surface area (Å²) < 4.78 is 0. The van der Waals surface area contributed by atoms with Crippen LogP contribution in [0.15, 0.2) is 18.2 Å². The highest BCUT2D eigenvalue weighted by Crippen LogP contribution is 2.24. The summed E-state index contributed by atoms with van der Waals surface area (Å²) in [6.07, 6.45) is 2.09. The molecule has 106 valence electrons. The van der Waals surface area contributed by atoms with E-state index in [1.165, 1.54) is 0 Å². The molecule has 3 N–H and O–H groups in total. The maximum absolute atomic E-state index is 11.1. The quantitative estimate of drug-likeness (QED) is 0.769. The zero-order valence-electron chi connectivity index (χ0n) is 11.6. The summed E-state index contributed by atoms with van der Waals surface area (Å²) in [7, 11) is 1.88. The molecule has 1 aromatic rings. The van der Waals surface area contributed by atoms with E-state index in [-0.39, 0.29) is 12.5 Å². The lowest BCUT2D eigenvalue weighted by Gasteiger charge is -2.24. The van der Waals surface area contributed by atoms with Crippen molar-refractivity contribution in [2.24, 2.45) is 5.73 Å². The van der Waals surface area contributed by atoms with Gasteiger partial charge >= 0.3 is 0 Å². The molecule has 0 spiro atoms. The fourth-order valence-electron chi connectivity index (χ4n) is 1.90. The van der Waals surface area contributed by atoms with Gasteiger partial charge in [-0.3, -0.25) is 4.79 Å². The first-order valence-electron chi connectivity index (χ1n) is 6.54. The van der Waals surface area contributed by atoms with E-state index in [9.17, 15) is 4.79 Å². The van der Waals surface area contributed by atoms with Gasteiger partial charge in [0.25, 0.3) is 0 Å². The number of amides is 1. The SMILES string of the molecule is CCCCN(CC(N)=O)c1ccc(CNC)c(Cl)c1. The van der Waals surface area contributed by atoms with E-state index in [2.05, 4.69) is 12.2 Å². The summed E-state index contributed by atoms with van der Waals surface area (Å²) in [5.41, 5.74) is 7.28. The van der Waals surface area contributed by atoms with E-state index in [0.29, 0.717) is 5.02 Å². The molecule has 0 bridgehead atoms. The van der Waals surface area contributed by atoms with Crippen molar-refractivity contribution in [3.63, 3.8) is 0 Å². The highest BCUT2D eigenvalue weighted by Gasteiger charge is 2.11. The number of carbonyl (C=O) groups excluding carboxylic acids is 1. The zero-order chi connectivity index (χ0) is 14.3. The predicted octanol–water partition coefficient (Wildman–Crippen LogP) is 2.15. The molecule has 0 atom stereocenters. The minimum Gasteiger partial charge on any atom is -0.368 e. The van der Waals surface area contributed by atoms with E-state index in [0.717, 1.165) is 37.2 Å². The van der Waals surface area contributed by atoms with Gasteiger partial charge in [0.15, 0.2) is 0 Å². The minimum atomic E-state index is -0.327. The third-order valence-electron chi connectivity index (χ3n) is 2.90. The molecule has 4 nitrogen and oxygen atoms in total. The molecule has 1 amide bonds. The molecule has 19 heavy (non-hydrogen) atoms. The van der Waals surface area contributed by atoms with Crippen LogP contribution in [0.3, 0.4) is 0 Å². The average molecular weight is 284 g/mol. The summed E-state index contributed by atoms with van der Waals surface area (Å²) in [5.74, 6) is -0.327. The predicted molar refractivity (Wildman–Crippen MR) is 80.5 cm³/mol. The van der Waals surface area contributed by atoms with Crippen LogP contribution in [-0.4, -0.2) is 26.0 Å². The summed E-state index contributed by atoms with van der Waals surface area (Å²) in [6, 6.07) is 5.86. The van der Waals surface area contributed by atoms with Crippen LogP contribution in [0, 0.1) is 0 Å². The number of unbranched alkanes of at least 4 members (excludes halogenated alkanes) is 1. The molecule has 0 unspecified atom stereocenters. The van der Waals surface area contributed by atoms with Gasteiger partial charge in [0, 0.05) is 23.8 Å². The maximum atomic E-state index is 11.1. The number of hydrogen-bond acceptors (Lipinski definition) is 3. The Morgan fingerprint density at radius 2 is 2.21 bits per heavy atom. The van der Waals surface area contributed by atoms with Gasteiger partial charge in [-0.2, -0.15) is 0 Å². The van der Waals surface area contributed by atoms with Crippen LogP contribution in [-0.2, 0) is 11.3 Å². The Morgan fingerprint density at radius 3 is 2.74 bits per heavy atom. The monoisotopic (exact) mass is 283 g/mol. The van der Waals surface area contributed by atoms with E-state index in [1.807, 2.05) is 30.1 Å². The largest absolute Gasteiger partial charge is 0.368 e. The molecule has 0 heterocycles. The molecule has 0 saturated heterocycles.